The van der Waals surface area contributed by atoms with E-state index in [1.54, 1.807) is 13.2 Å². The van der Waals surface area contributed by atoms with Crippen molar-refractivity contribution in [2.45, 2.75) is 25.4 Å². The highest BCUT2D eigenvalue weighted by Gasteiger charge is 2.34. The first kappa shape index (κ1) is 23.6. The van der Waals surface area contributed by atoms with E-state index in [1.165, 1.54) is 16.0 Å². The summed E-state index contributed by atoms with van der Waals surface area (Å²) < 4.78 is 5.27. The van der Waals surface area contributed by atoms with Crippen LogP contribution in [0.1, 0.15) is 39.3 Å². The Morgan fingerprint density at radius 3 is 2.63 bits per heavy atom. The van der Waals surface area contributed by atoms with Crippen LogP contribution in [0.25, 0.3) is 0 Å². The molecule has 0 bridgehead atoms. The first-order valence-corrected chi connectivity index (χ1v) is 13.0. The monoisotopic (exact) mass is 489 g/mol. The fourth-order valence-corrected chi connectivity index (χ4v) is 6.15. The summed E-state index contributed by atoms with van der Waals surface area (Å²) >= 11 is 1.81. The van der Waals surface area contributed by atoms with Gasteiger partial charge < -0.3 is 14.5 Å². The molecule has 35 heavy (non-hydrogen) atoms. The van der Waals surface area contributed by atoms with E-state index in [-0.39, 0.29) is 23.9 Å². The molecule has 3 heterocycles. The number of fused-ring (bicyclic) bond motifs is 1. The van der Waals surface area contributed by atoms with E-state index < -0.39 is 0 Å². The topological polar surface area (TPSA) is 53.1 Å². The lowest BCUT2D eigenvalue weighted by Crippen LogP contribution is -2.57. The van der Waals surface area contributed by atoms with E-state index >= 15 is 0 Å². The maximum atomic E-state index is 13.4. The molecule has 1 fully saturated rings. The lowest BCUT2D eigenvalue weighted by atomic mass is 9.93. The van der Waals surface area contributed by atoms with E-state index in [1.807, 2.05) is 52.3 Å². The highest BCUT2D eigenvalue weighted by atomic mass is 32.1. The van der Waals surface area contributed by atoms with Crippen molar-refractivity contribution in [2.75, 3.05) is 39.8 Å². The summed E-state index contributed by atoms with van der Waals surface area (Å²) in [5, 5.41) is 2.16. The van der Waals surface area contributed by atoms with Gasteiger partial charge in [-0.1, -0.05) is 36.4 Å². The van der Waals surface area contributed by atoms with Gasteiger partial charge in [0.25, 0.3) is 5.91 Å². The maximum absolute atomic E-state index is 13.4. The Morgan fingerprint density at radius 1 is 1.03 bits per heavy atom. The third-order valence-corrected chi connectivity index (χ3v) is 8.07. The molecule has 2 unspecified atom stereocenters. The number of nitrogens with zero attached hydrogens (tertiary/aromatic N) is 3. The van der Waals surface area contributed by atoms with Crippen molar-refractivity contribution in [1.82, 2.24) is 14.7 Å². The first-order valence-electron chi connectivity index (χ1n) is 12.1. The van der Waals surface area contributed by atoms with Crippen LogP contribution in [-0.2, 0) is 11.2 Å². The largest absolute Gasteiger partial charge is 0.497 e. The number of thiophene rings is 1. The maximum Gasteiger partial charge on any atom is 0.254 e. The first-order chi connectivity index (χ1) is 17.0. The van der Waals surface area contributed by atoms with E-state index in [0.29, 0.717) is 37.5 Å². The number of ether oxygens (including phenoxy) is 1. The van der Waals surface area contributed by atoms with Crippen LogP contribution >= 0.6 is 11.3 Å². The van der Waals surface area contributed by atoms with Crippen molar-refractivity contribution in [3.05, 3.63) is 87.6 Å². The Morgan fingerprint density at radius 2 is 1.86 bits per heavy atom. The molecule has 7 heteroatoms. The fourth-order valence-electron chi connectivity index (χ4n) is 5.25. The average molecular weight is 490 g/mol. The Balaban J connectivity index is 1.26. The van der Waals surface area contributed by atoms with Gasteiger partial charge in [-0.15, -0.1) is 11.3 Å². The minimum Gasteiger partial charge on any atom is -0.497 e. The number of carbonyl (C=O) groups excluding carboxylic acids is 2. The zero-order valence-corrected chi connectivity index (χ0v) is 21.0. The van der Waals surface area contributed by atoms with Crippen molar-refractivity contribution >= 4 is 23.2 Å². The summed E-state index contributed by atoms with van der Waals surface area (Å²) in [6.45, 7) is 4.88. The third-order valence-electron chi connectivity index (χ3n) is 7.08. The highest BCUT2D eigenvalue weighted by Crippen LogP contribution is 2.37. The predicted molar refractivity (Wildman–Crippen MR) is 138 cm³/mol. The van der Waals surface area contributed by atoms with Gasteiger partial charge in [-0.2, -0.15) is 0 Å². The Hall–Kier alpha value is -3.16. The van der Waals surface area contributed by atoms with E-state index in [4.69, 9.17) is 4.74 Å². The van der Waals surface area contributed by atoms with Crippen LogP contribution in [0.3, 0.4) is 0 Å². The SMILES string of the molecule is COc1cccc(C(=O)N2CCN(C(=O)CN3CCc4sccc4C3c3ccccc3)CC2C)c1. The van der Waals surface area contributed by atoms with Gasteiger partial charge in [0.2, 0.25) is 5.91 Å². The number of methoxy groups -OCH3 is 1. The van der Waals surface area contributed by atoms with E-state index in [9.17, 15) is 9.59 Å². The molecule has 2 aromatic carbocycles. The normalized spacial score (nSPS) is 20.4. The molecule has 6 nitrogen and oxygen atoms in total. The molecule has 1 saturated heterocycles. The Kier molecular flexibility index (Phi) is 6.88. The average Bonchev–Trinajstić information content (AvgIpc) is 3.37. The van der Waals surface area contributed by atoms with E-state index in [2.05, 4.69) is 40.6 Å². The summed E-state index contributed by atoms with van der Waals surface area (Å²) in [6, 6.07) is 20.0. The van der Waals surface area contributed by atoms with Crippen molar-refractivity contribution in [3.8, 4) is 5.75 Å². The number of hydrogen-bond donors (Lipinski definition) is 0. The number of carbonyl (C=O) groups is 2. The van der Waals surface area contributed by atoms with Gasteiger partial charge >= 0.3 is 0 Å². The molecule has 0 radical (unpaired) electrons. The predicted octanol–water partition coefficient (Wildman–Crippen LogP) is 4.08. The summed E-state index contributed by atoms with van der Waals surface area (Å²) in [5.74, 6) is 0.777. The molecule has 5 rings (SSSR count). The second-order valence-corrected chi connectivity index (χ2v) is 10.3. The van der Waals surface area contributed by atoms with Gasteiger partial charge in [0, 0.05) is 42.7 Å². The van der Waals surface area contributed by atoms with Crippen molar-refractivity contribution < 1.29 is 14.3 Å². The Labute approximate surface area is 210 Å². The zero-order valence-electron chi connectivity index (χ0n) is 20.2. The van der Waals surface area contributed by atoms with Crippen LogP contribution < -0.4 is 4.74 Å². The molecule has 0 aliphatic carbocycles. The highest BCUT2D eigenvalue weighted by molar-refractivity contribution is 7.10. The van der Waals surface area contributed by atoms with Crippen molar-refractivity contribution in [3.63, 3.8) is 0 Å². The molecule has 2 atom stereocenters. The van der Waals surface area contributed by atoms with Gasteiger partial charge in [0.15, 0.2) is 0 Å². The zero-order chi connectivity index (χ0) is 24.4. The van der Waals surface area contributed by atoms with Crippen LogP contribution in [-0.4, -0.2) is 72.4 Å². The van der Waals surface area contributed by atoms with Gasteiger partial charge in [0.1, 0.15) is 5.75 Å². The molecule has 3 aromatic rings. The molecule has 2 aliphatic rings. The standard InChI is InChI=1S/C28H31N3O3S/c1-20-18-29(14-15-31(20)28(33)22-9-6-10-23(17-22)34-2)26(32)19-30-13-11-25-24(12-16-35-25)27(30)21-7-4-3-5-8-21/h3-10,12,16-17,20,27H,11,13-15,18-19H2,1-2H3. The lowest BCUT2D eigenvalue weighted by molar-refractivity contribution is -0.135. The van der Waals surface area contributed by atoms with Gasteiger partial charge in [-0.25, -0.2) is 0 Å². The number of benzene rings is 2. The Bertz CT molecular complexity index is 1190. The molecule has 0 saturated carbocycles. The quantitative estimate of drug-likeness (QED) is 0.542. The number of amides is 2. The summed E-state index contributed by atoms with van der Waals surface area (Å²) in [7, 11) is 1.60. The third kappa shape index (κ3) is 4.83. The van der Waals surface area contributed by atoms with Crippen LogP contribution in [0.5, 0.6) is 5.75 Å². The second-order valence-electron chi connectivity index (χ2n) is 9.25. The molecular formula is C28H31N3O3S. The molecule has 2 aliphatic heterocycles. The molecule has 0 N–H and O–H groups in total. The number of hydrogen-bond acceptors (Lipinski definition) is 5. The van der Waals surface area contributed by atoms with Crippen LogP contribution in [0.15, 0.2) is 66.0 Å². The van der Waals surface area contributed by atoms with Gasteiger partial charge in [-0.05, 0) is 54.1 Å². The molecule has 182 valence electrons. The summed E-state index contributed by atoms with van der Waals surface area (Å²) in [5.41, 5.74) is 3.16. The van der Waals surface area contributed by atoms with Crippen LogP contribution in [0.4, 0.5) is 0 Å². The van der Waals surface area contributed by atoms with Crippen molar-refractivity contribution in [1.29, 1.82) is 0 Å². The smallest absolute Gasteiger partial charge is 0.254 e. The van der Waals surface area contributed by atoms with E-state index in [0.717, 1.165) is 13.0 Å². The molecule has 0 spiro atoms. The van der Waals surface area contributed by atoms with Crippen LogP contribution in [0.2, 0.25) is 0 Å². The number of piperazine rings is 1. The number of rotatable bonds is 5. The molecule has 1 aromatic heterocycles. The van der Waals surface area contributed by atoms with Crippen molar-refractivity contribution in [2.24, 2.45) is 0 Å². The van der Waals surface area contributed by atoms with Gasteiger partial charge in [-0.3, -0.25) is 14.5 Å². The lowest BCUT2D eigenvalue weighted by Gasteiger charge is -2.42. The van der Waals surface area contributed by atoms with Gasteiger partial charge in [0.05, 0.1) is 19.7 Å². The molecular weight excluding hydrogens is 458 g/mol. The fraction of sp³-hybridized carbons (Fsp3) is 0.357. The molecule has 2 amide bonds. The summed E-state index contributed by atoms with van der Waals surface area (Å²) in [4.78, 5) is 34.1. The summed E-state index contributed by atoms with van der Waals surface area (Å²) in [6.07, 6.45) is 0.975. The minimum atomic E-state index is -0.0545. The second kappa shape index (κ2) is 10.2. The van der Waals surface area contributed by atoms with Crippen LogP contribution in [0, 0.1) is 0 Å². The minimum absolute atomic E-state index is 0.0198.